The lowest BCUT2D eigenvalue weighted by Gasteiger charge is -2.18. The van der Waals surface area contributed by atoms with E-state index in [9.17, 15) is 4.39 Å². The Morgan fingerprint density at radius 2 is 2.38 bits per heavy atom. The fourth-order valence-electron chi connectivity index (χ4n) is 1.82. The summed E-state index contributed by atoms with van der Waals surface area (Å²) in [7, 11) is 0. The van der Waals surface area contributed by atoms with Crippen LogP contribution in [0.3, 0.4) is 0 Å². The lowest BCUT2D eigenvalue weighted by molar-refractivity contribution is 0.298. The van der Waals surface area contributed by atoms with Crippen LogP contribution in [0.5, 0.6) is 0 Å². The molecule has 0 saturated heterocycles. The molecular weight excluding hydrogens is 207 g/mol. The molecule has 0 aliphatic heterocycles. The molecule has 3 nitrogen and oxygen atoms in total. The number of allylic oxidation sites excluding steroid dienone is 3. The van der Waals surface area contributed by atoms with Gasteiger partial charge < -0.3 is 10.2 Å². The molecule has 4 heteroatoms. The van der Waals surface area contributed by atoms with Crippen molar-refractivity contribution in [2.45, 2.75) is 25.4 Å². The molecule has 86 valence electrons. The summed E-state index contributed by atoms with van der Waals surface area (Å²) < 4.78 is 18.6. The number of alkyl halides is 1. The zero-order valence-electron chi connectivity index (χ0n) is 8.97. The summed E-state index contributed by atoms with van der Waals surface area (Å²) in [6.07, 6.45) is 9.69. The van der Waals surface area contributed by atoms with Crippen molar-refractivity contribution in [2.24, 2.45) is 11.7 Å². The van der Waals surface area contributed by atoms with Gasteiger partial charge in [0, 0.05) is 18.0 Å². The minimum atomic E-state index is -0.963. The second-order valence-electron chi connectivity index (χ2n) is 3.95. The molecule has 1 heterocycles. The smallest absolute Gasteiger partial charge is 0.193 e. The summed E-state index contributed by atoms with van der Waals surface area (Å²) in [5, 5.41) is 0. The highest BCUT2D eigenvalue weighted by molar-refractivity contribution is 5.23. The van der Waals surface area contributed by atoms with Crippen LogP contribution in [0.4, 0.5) is 4.39 Å². The third-order valence-corrected chi connectivity index (χ3v) is 2.71. The van der Waals surface area contributed by atoms with Gasteiger partial charge in [0.15, 0.2) is 5.89 Å². The van der Waals surface area contributed by atoms with E-state index in [0.29, 0.717) is 11.6 Å². The maximum atomic E-state index is 13.5. The highest BCUT2D eigenvalue weighted by Gasteiger charge is 2.19. The Morgan fingerprint density at radius 1 is 1.50 bits per heavy atom. The van der Waals surface area contributed by atoms with Crippen molar-refractivity contribution < 1.29 is 8.81 Å². The van der Waals surface area contributed by atoms with Crippen molar-refractivity contribution in [1.29, 1.82) is 0 Å². The Kier molecular flexibility index (Phi) is 3.39. The van der Waals surface area contributed by atoms with Gasteiger partial charge in [0.1, 0.15) is 12.4 Å². The monoisotopic (exact) mass is 222 g/mol. The van der Waals surface area contributed by atoms with Crippen molar-refractivity contribution in [1.82, 2.24) is 4.98 Å². The fourth-order valence-corrected chi connectivity index (χ4v) is 1.82. The number of hydrogen-bond donors (Lipinski definition) is 1. The van der Waals surface area contributed by atoms with Crippen molar-refractivity contribution >= 4 is 0 Å². The Bertz CT molecular complexity index is 384. The fraction of sp³-hybridized carbons (Fsp3) is 0.417. The number of nitrogens with zero attached hydrogens (tertiary/aromatic N) is 1. The van der Waals surface area contributed by atoms with Crippen LogP contribution in [0, 0.1) is 5.92 Å². The van der Waals surface area contributed by atoms with E-state index in [1.165, 1.54) is 6.08 Å². The molecule has 1 aromatic rings. The number of halogens is 1. The molecule has 2 unspecified atom stereocenters. The van der Waals surface area contributed by atoms with Crippen LogP contribution in [0.1, 0.15) is 18.7 Å². The second-order valence-corrected chi connectivity index (χ2v) is 3.95. The summed E-state index contributed by atoms with van der Waals surface area (Å²) in [6.45, 7) is 0. The molecule has 0 fully saturated rings. The first-order valence-electron chi connectivity index (χ1n) is 5.43. The van der Waals surface area contributed by atoms with Crippen LogP contribution in [-0.4, -0.2) is 11.2 Å². The molecule has 2 N–H and O–H groups in total. The minimum absolute atomic E-state index is 0.0673. The zero-order chi connectivity index (χ0) is 11.4. The maximum Gasteiger partial charge on any atom is 0.193 e. The summed E-state index contributed by atoms with van der Waals surface area (Å²) in [4.78, 5) is 4.02. The second kappa shape index (κ2) is 4.96. The molecule has 1 aliphatic carbocycles. The van der Waals surface area contributed by atoms with Crippen LogP contribution < -0.4 is 5.73 Å². The number of aryl methyl sites for hydroxylation is 1. The molecule has 16 heavy (non-hydrogen) atoms. The van der Waals surface area contributed by atoms with E-state index >= 15 is 0 Å². The average Bonchev–Trinajstić information content (AvgIpc) is 2.74. The quantitative estimate of drug-likeness (QED) is 0.850. The SMILES string of the molecule is NC1=CC(F)C(CCCc2ncco2)C=C1. The highest BCUT2D eigenvalue weighted by Crippen LogP contribution is 2.23. The van der Waals surface area contributed by atoms with E-state index in [0.717, 1.165) is 19.3 Å². The zero-order valence-corrected chi connectivity index (χ0v) is 8.97. The highest BCUT2D eigenvalue weighted by atomic mass is 19.1. The largest absolute Gasteiger partial charge is 0.449 e. The summed E-state index contributed by atoms with van der Waals surface area (Å²) in [5.41, 5.74) is 6.01. The average molecular weight is 222 g/mol. The summed E-state index contributed by atoms with van der Waals surface area (Å²) >= 11 is 0. The molecule has 0 aromatic carbocycles. The molecule has 1 aromatic heterocycles. The third-order valence-electron chi connectivity index (χ3n) is 2.71. The van der Waals surface area contributed by atoms with Gasteiger partial charge in [0.05, 0.1) is 6.20 Å². The van der Waals surface area contributed by atoms with Gasteiger partial charge >= 0.3 is 0 Å². The van der Waals surface area contributed by atoms with Crippen molar-refractivity contribution in [2.75, 3.05) is 0 Å². The van der Waals surface area contributed by atoms with Crippen molar-refractivity contribution in [3.63, 3.8) is 0 Å². The molecule has 2 atom stereocenters. The first-order valence-corrected chi connectivity index (χ1v) is 5.43. The predicted octanol–water partition coefficient (Wildman–Crippen LogP) is 2.36. The first-order chi connectivity index (χ1) is 7.75. The maximum absolute atomic E-state index is 13.5. The molecule has 0 amide bonds. The van der Waals surface area contributed by atoms with Gasteiger partial charge in [-0.1, -0.05) is 6.08 Å². The molecule has 0 radical (unpaired) electrons. The number of oxazole rings is 1. The first kappa shape index (κ1) is 10.9. The minimum Gasteiger partial charge on any atom is -0.449 e. The van der Waals surface area contributed by atoms with E-state index < -0.39 is 6.17 Å². The standard InChI is InChI=1S/C12H15FN2O/c13-11-8-10(14)5-4-9(11)2-1-3-12-15-6-7-16-12/h4-9,11H,1-3,14H2. The van der Waals surface area contributed by atoms with E-state index in [1.54, 1.807) is 18.5 Å². The number of hydrogen-bond acceptors (Lipinski definition) is 3. The number of rotatable bonds is 4. The normalized spacial score (nSPS) is 24.4. The Labute approximate surface area is 93.9 Å². The molecule has 1 aliphatic rings. The molecule has 0 bridgehead atoms. The Balaban J connectivity index is 1.77. The van der Waals surface area contributed by atoms with Gasteiger partial charge in [-0.15, -0.1) is 0 Å². The van der Waals surface area contributed by atoms with Crippen LogP contribution in [0.2, 0.25) is 0 Å². The van der Waals surface area contributed by atoms with Crippen LogP contribution in [0.25, 0.3) is 0 Å². The van der Waals surface area contributed by atoms with Crippen molar-refractivity contribution in [3.8, 4) is 0 Å². The van der Waals surface area contributed by atoms with Crippen LogP contribution >= 0.6 is 0 Å². The predicted molar refractivity (Wildman–Crippen MR) is 59.2 cm³/mol. The summed E-state index contributed by atoms with van der Waals surface area (Å²) in [6, 6.07) is 0. The molecular formula is C12H15FN2O. The lowest BCUT2D eigenvalue weighted by Crippen LogP contribution is -2.17. The Hall–Kier alpha value is -1.58. The molecule has 0 saturated carbocycles. The van der Waals surface area contributed by atoms with Gasteiger partial charge in [0.25, 0.3) is 0 Å². The van der Waals surface area contributed by atoms with Gasteiger partial charge in [-0.25, -0.2) is 9.37 Å². The van der Waals surface area contributed by atoms with E-state index in [4.69, 9.17) is 10.2 Å². The van der Waals surface area contributed by atoms with Gasteiger partial charge in [-0.2, -0.15) is 0 Å². The van der Waals surface area contributed by atoms with Crippen molar-refractivity contribution in [3.05, 3.63) is 42.3 Å². The number of nitrogens with two attached hydrogens (primary N) is 1. The van der Waals surface area contributed by atoms with Gasteiger partial charge in [0.2, 0.25) is 0 Å². The van der Waals surface area contributed by atoms with Crippen LogP contribution in [-0.2, 0) is 6.42 Å². The topological polar surface area (TPSA) is 52.0 Å². The number of aromatic nitrogens is 1. The van der Waals surface area contributed by atoms with Crippen LogP contribution in [0.15, 0.2) is 40.8 Å². The van der Waals surface area contributed by atoms with E-state index in [1.807, 2.05) is 6.08 Å². The third kappa shape index (κ3) is 2.72. The Morgan fingerprint density at radius 3 is 3.06 bits per heavy atom. The lowest BCUT2D eigenvalue weighted by atomic mass is 9.92. The van der Waals surface area contributed by atoms with Gasteiger partial charge in [-0.05, 0) is 25.0 Å². The molecule has 2 rings (SSSR count). The van der Waals surface area contributed by atoms with E-state index in [2.05, 4.69) is 4.98 Å². The van der Waals surface area contributed by atoms with Gasteiger partial charge in [-0.3, -0.25) is 0 Å². The summed E-state index contributed by atoms with van der Waals surface area (Å²) in [5.74, 6) is 0.646. The van der Waals surface area contributed by atoms with E-state index in [-0.39, 0.29) is 5.92 Å². The molecule has 0 spiro atoms.